The first-order valence-corrected chi connectivity index (χ1v) is 7.75. The van der Waals surface area contributed by atoms with Crippen molar-refractivity contribution in [2.45, 2.75) is 30.7 Å². The number of hydrogen-bond acceptors (Lipinski definition) is 4. The Balaban J connectivity index is 1.99. The smallest absolute Gasteiger partial charge is 0.208 e. The largest absolute Gasteiger partial charge is 0.496 e. The molecule has 2 rings (SSSR count). The fourth-order valence-electron chi connectivity index (χ4n) is 1.53. The number of hydrogen-bond donors (Lipinski definition) is 1. The van der Waals surface area contributed by atoms with Gasteiger partial charge in [0.25, 0.3) is 0 Å². The highest BCUT2D eigenvalue weighted by Gasteiger charge is 2.08. The number of halogens is 1. The van der Waals surface area contributed by atoms with Crippen LogP contribution in [0.2, 0.25) is 0 Å². The minimum atomic E-state index is 0.372. The van der Waals surface area contributed by atoms with Crippen LogP contribution in [0.15, 0.2) is 27.8 Å². The second-order valence-corrected chi connectivity index (χ2v) is 6.21. The number of thioether (sulfide) groups is 1. The number of benzene rings is 1. The summed E-state index contributed by atoms with van der Waals surface area (Å²) in [4.78, 5) is 4.44. The Morgan fingerprint density at radius 2 is 2.21 bits per heavy atom. The molecule has 1 aromatic carbocycles. The normalized spacial score (nSPS) is 11.0. The van der Waals surface area contributed by atoms with Crippen LogP contribution in [0.5, 0.6) is 5.75 Å². The summed E-state index contributed by atoms with van der Waals surface area (Å²) < 4.78 is 6.17. The first-order valence-electron chi connectivity index (χ1n) is 5.97. The van der Waals surface area contributed by atoms with E-state index in [9.17, 15) is 0 Å². The van der Waals surface area contributed by atoms with E-state index in [-0.39, 0.29) is 0 Å². The highest BCUT2D eigenvalue weighted by molar-refractivity contribution is 9.10. The van der Waals surface area contributed by atoms with Crippen LogP contribution in [0.25, 0.3) is 0 Å². The third-order valence-electron chi connectivity index (χ3n) is 2.61. The van der Waals surface area contributed by atoms with Gasteiger partial charge in [-0.1, -0.05) is 31.7 Å². The highest BCUT2D eigenvalue weighted by atomic mass is 79.9. The highest BCUT2D eigenvalue weighted by Crippen LogP contribution is 2.28. The number of aromatic nitrogens is 3. The molecule has 1 aromatic heterocycles. The van der Waals surface area contributed by atoms with Gasteiger partial charge in [0.2, 0.25) is 5.16 Å². The van der Waals surface area contributed by atoms with Crippen molar-refractivity contribution in [2.24, 2.45) is 0 Å². The second kappa shape index (κ2) is 6.43. The molecule has 4 nitrogen and oxygen atoms in total. The average Bonchev–Trinajstić information content (AvgIpc) is 2.85. The van der Waals surface area contributed by atoms with Crippen molar-refractivity contribution in [2.75, 3.05) is 7.11 Å². The SMILES string of the molecule is COc1ccc(CSc2n[nH]c(C(C)C)n2)cc1Br. The summed E-state index contributed by atoms with van der Waals surface area (Å²) in [6.07, 6.45) is 0. The van der Waals surface area contributed by atoms with Crippen LogP contribution in [-0.2, 0) is 5.75 Å². The first-order chi connectivity index (χ1) is 9.10. The lowest BCUT2D eigenvalue weighted by Crippen LogP contribution is -1.89. The van der Waals surface area contributed by atoms with Crippen LogP contribution in [0.1, 0.15) is 31.2 Å². The predicted octanol–water partition coefficient (Wildman–Crippen LogP) is 3.99. The van der Waals surface area contributed by atoms with Crippen molar-refractivity contribution in [1.82, 2.24) is 15.2 Å². The Bertz CT molecular complexity index is 557. The van der Waals surface area contributed by atoms with Gasteiger partial charge < -0.3 is 4.74 Å². The van der Waals surface area contributed by atoms with Gasteiger partial charge in [-0.05, 0) is 33.6 Å². The Morgan fingerprint density at radius 1 is 1.42 bits per heavy atom. The Hall–Kier alpha value is -1.01. The maximum absolute atomic E-state index is 5.21. The molecule has 0 aliphatic carbocycles. The molecule has 0 aliphatic rings. The van der Waals surface area contributed by atoms with Crippen LogP contribution in [0.4, 0.5) is 0 Å². The number of H-pyrrole nitrogens is 1. The van der Waals surface area contributed by atoms with Crippen molar-refractivity contribution in [3.8, 4) is 5.75 Å². The van der Waals surface area contributed by atoms with Crippen LogP contribution >= 0.6 is 27.7 Å². The topological polar surface area (TPSA) is 50.8 Å². The summed E-state index contributed by atoms with van der Waals surface area (Å²) >= 11 is 5.10. The van der Waals surface area contributed by atoms with E-state index < -0.39 is 0 Å². The zero-order valence-electron chi connectivity index (χ0n) is 11.1. The molecular formula is C13H16BrN3OS. The van der Waals surface area contributed by atoms with E-state index >= 15 is 0 Å². The summed E-state index contributed by atoms with van der Waals surface area (Å²) in [6, 6.07) is 6.06. The minimum Gasteiger partial charge on any atom is -0.496 e. The minimum absolute atomic E-state index is 0.372. The van der Waals surface area contributed by atoms with E-state index in [1.54, 1.807) is 18.9 Å². The quantitative estimate of drug-likeness (QED) is 0.835. The Kier molecular flexibility index (Phi) is 4.87. The van der Waals surface area contributed by atoms with Crippen LogP contribution < -0.4 is 4.74 Å². The van der Waals surface area contributed by atoms with Gasteiger partial charge in [0.05, 0.1) is 11.6 Å². The predicted molar refractivity (Wildman–Crippen MR) is 80.7 cm³/mol. The Morgan fingerprint density at radius 3 is 2.79 bits per heavy atom. The maximum atomic E-state index is 5.21. The lowest BCUT2D eigenvalue weighted by Gasteiger charge is -2.05. The molecule has 2 aromatic rings. The Labute approximate surface area is 125 Å². The number of aromatic amines is 1. The average molecular weight is 342 g/mol. The zero-order chi connectivity index (χ0) is 13.8. The van der Waals surface area contributed by atoms with Gasteiger partial charge in [0.15, 0.2) is 0 Å². The molecule has 0 aliphatic heterocycles. The summed E-state index contributed by atoms with van der Waals surface area (Å²) in [6.45, 7) is 4.19. The number of nitrogens with zero attached hydrogens (tertiary/aromatic N) is 2. The fourth-order valence-corrected chi connectivity index (χ4v) is 2.86. The number of methoxy groups -OCH3 is 1. The van der Waals surface area contributed by atoms with Crippen molar-refractivity contribution < 1.29 is 4.74 Å². The molecular weight excluding hydrogens is 326 g/mol. The molecule has 1 heterocycles. The van der Waals surface area contributed by atoms with Gasteiger partial charge in [-0.15, -0.1) is 5.10 Å². The molecule has 0 spiro atoms. The molecule has 0 bridgehead atoms. The molecule has 0 amide bonds. The molecule has 102 valence electrons. The molecule has 0 saturated carbocycles. The van der Waals surface area contributed by atoms with Gasteiger partial charge in [-0.3, -0.25) is 5.10 Å². The summed E-state index contributed by atoms with van der Waals surface area (Å²) in [5.41, 5.74) is 1.20. The molecule has 0 saturated heterocycles. The summed E-state index contributed by atoms with van der Waals surface area (Å²) in [5.74, 6) is 2.97. The number of nitrogens with one attached hydrogen (secondary N) is 1. The van der Waals surface area contributed by atoms with Gasteiger partial charge in [0.1, 0.15) is 11.6 Å². The van der Waals surface area contributed by atoms with Crippen LogP contribution in [0.3, 0.4) is 0 Å². The van der Waals surface area contributed by atoms with E-state index in [2.05, 4.69) is 51.0 Å². The second-order valence-electron chi connectivity index (χ2n) is 4.42. The maximum Gasteiger partial charge on any atom is 0.208 e. The summed E-state index contributed by atoms with van der Waals surface area (Å²) in [7, 11) is 1.66. The lowest BCUT2D eigenvalue weighted by molar-refractivity contribution is 0.412. The third kappa shape index (κ3) is 3.73. The van der Waals surface area contributed by atoms with Crippen molar-refractivity contribution in [1.29, 1.82) is 0 Å². The van der Waals surface area contributed by atoms with E-state index in [0.29, 0.717) is 5.92 Å². The van der Waals surface area contributed by atoms with Gasteiger partial charge in [-0.2, -0.15) is 0 Å². The molecule has 0 fully saturated rings. The van der Waals surface area contributed by atoms with Crippen molar-refractivity contribution in [3.63, 3.8) is 0 Å². The number of rotatable bonds is 5. The molecule has 0 radical (unpaired) electrons. The zero-order valence-corrected chi connectivity index (χ0v) is 13.5. The molecule has 6 heteroatoms. The third-order valence-corrected chi connectivity index (χ3v) is 4.15. The van der Waals surface area contributed by atoms with Crippen LogP contribution in [-0.4, -0.2) is 22.3 Å². The molecule has 1 N–H and O–H groups in total. The van der Waals surface area contributed by atoms with Crippen molar-refractivity contribution >= 4 is 27.7 Å². The fraction of sp³-hybridized carbons (Fsp3) is 0.385. The van der Waals surface area contributed by atoms with E-state index in [1.165, 1.54) is 5.56 Å². The van der Waals surface area contributed by atoms with E-state index in [4.69, 9.17) is 4.74 Å². The van der Waals surface area contributed by atoms with Gasteiger partial charge >= 0.3 is 0 Å². The van der Waals surface area contributed by atoms with Crippen LogP contribution in [0, 0.1) is 0 Å². The summed E-state index contributed by atoms with van der Waals surface area (Å²) in [5, 5.41) is 7.95. The van der Waals surface area contributed by atoms with Gasteiger partial charge in [0, 0.05) is 11.7 Å². The van der Waals surface area contributed by atoms with E-state index in [0.717, 1.165) is 27.0 Å². The molecule has 0 atom stereocenters. The standard InChI is InChI=1S/C13H16BrN3OS/c1-8(2)12-15-13(17-16-12)19-7-9-4-5-11(18-3)10(14)6-9/h4-6,8H,7H2,1-3H3,(H,15,16,17). The van der Waals surface area contributed by atoms with Crippen molar-refractivity contribution in [3.05, 3.63) is 34.1 Å². The lowest BCUT2D eigenvalue weighted by atomic mass is 10.2. The number of ether oxygens (including phenoxy) is 1. The molecule has 19 heavy (non-hydrogen) atoms. The molecule has 0 unspecified atom stereocenters. The van der Waals surface area contributed by atoms with Gasteiger partial charge in [-0.25, -0.2) is 4.98 Å². The van der Waals surface area contributed by atoms with E-state index in [1.807, 2.05) is 12.1 Å². The monoisotopic (exact) mass is 341 g/mol. The first kappa shape index (κ1) is 14.4.